The highest BCUT2D eigenvalue weighted by atomic mass is 32.2. The van der Waals surface area contributed by atoms with Gasteiger partial charge >= 0.3 is 0 Å². The molecule has 0 aliphatic carbocycles. The van der Waals surface area contributed by atoms with Crippen LogP contribution >= 0.6 is 0 Å². The molecule has 2 rings (SSSR count). The number of rotatable bonds is 3. The highest BCUT2D eigenvalue weighted by Gasteiger charge is 2.21. The summed E-state index contributed by atoms with van der Waals surface area (Å²) < 4.78 is 26.4. The third kappa shape index (κ3) is 2.81. The van der Waals surface area contributed by atoms with Crippen LogP contribution in [-0.4, -0.2) is 37.7 Å². The largest absolute Gasteiger partial charge is 0.315 e. The minimum Gasteiger partial charge on any atom is -0.315 e. The van der Waals surface area contributed by atoms with Crippen molar-refractivity contribution in [3.05, 3.63) is 12.4 Å². The molecule has 1 saturated heterocycles. The predicted octanol–water partition coefficient (Wildman–Crippen LogP) is -0.170. The second-order valence-electron chi connectivity index (χ2n) is 3.95. The molecule has 0 bridgehead atoms. The maximum Gasteiger partial charge on any atom is 0.243 e. The number of H-pyrrole nitrogens is 1. The molecule has 7 heteroatoms. The monoisotopic (exact) mass is 244 g/mol. The number of nitrogens with one attached hydrogen (secondary N) is 3. The Bertz CT molecular complexity index is 407. The van der Waals surface area contributed by atoms with Crippen LogP contribution in [0.3, 0.4) is 0 Å². The summed E-state index contributed by atoms with van der Waals surface area (Å²) in [5.41, 5.74) is 0. The van der Waals surface area contributed by atoms with Gasteiger partial charge in [0, 0.05) is 18.8 Å². The average Bonchev–Trinajstić information content (AvgIpc) is 2.67. The van der Waals surface area contributed by atoms with Crippen molar-refractivity contribution in [1.82, 2.24) is 20.2 Å². The number of aromatic nitrogens is 2. The van der Waals surface area contributed by atoms with E-state index >= 15 is 0 Å². The van der Waals surface area contributed by atoms with Crippen LogP contribution in [0.2, 0.25) is 0 Å². The summed E-state index contributed by atoms with van der Waals surface area (Å²) >= 11 is 0. The van der Waals surface area contributed by atoms with Crippen LogP contribution in [0.4, 0.5) is 0 Å². The molecule has 0 aromatic carbocycles. The Balaban J connectivity index is 2.03. The van der Waals surface area contributed by atoms with E-state index in [1.807, 2.05) is 0 Å². The summed E-state index contributed by atoms with van der Waals surface area (Å²) in [4.78, 5) is 0.191. The Hall–Kier alpha value is -0.920. The molecular formula is C9H16N4O2S. The van der Waals surface area contributed by atoms with Crippen LogP contribution in [0.25, 0.3) is 0 Å². The summed E-state index contributed by atoms with van der Waals surface area (Å²) in [6.45, 7) is 1.65. The van der Waals surface area contributed by atoms with Crippen LogP contribution in [-0.2, 0) is 10.0 Å². The van der Waals surface area contributed by atoms with Crippen molar-refractivity contribution < 1.29 is 8.42 Å². The Kier molecular flexibility index (Phi) is 3.57. The minimum absolute atomic E-state index is 0.0256. The Morgan fingerprint density at radius 3 is 3.06 bits per heavy atom. The van der Waals surface area contributed by atoms with E-state index in [1.165, 1.54) is 12.4 Å². The van der Waals surface area contributed by atoms with Gasteiger partial charge in [-0.2, -0.15) is 5.10 Å². The molecule has 16 heavy (non-hydrogen) atoms. The van der Waals surface area contributed by atoms with Crippen molar-refractivity contribution >= 4 is 10.0 Å². The molecule has 1 atom stereocenters. The fourth-order valence-electron chi connectivity index (χ4n) is 1.79. The van der Waals surface area contributed by atoms with Crippen LogP contribution < -0.4 is 10.0 Å². The van der Waals surface area contributed by atoms with E-state index in [4.69, 9.17) is 0 Å². The SMILES string of the molecule is O=S(=O)(NC1CCCCNC1)c1cn[nH]c1. The van der Waals surface area contributed by atoms with Crippen molar-refractivity contribution in [3.8, 4) is 0 Å². The van der Waals surface area contributed by atoms with Crippen molar-refractivity contribution in [1.29, 1.82) is 0 Å². The normalized spacial score (nSPS) is 22.9. The Morgan fingerprint density at radius 1 is 1.44 bits per heavy atom. The van der Waals surface area contributed by atoms with E-state index in [0.717, 1.165) is 25.8 Å². The molecule has 90 valence electrons. The van der Waals surface area contributed by atoms with Gasteiger partial charge in [-0.1, -0.05) is 6.42 Å². The molecule has 1 aromatic heterocycles. The van der Waals surface area contributed by atoms with Gasteiger partial charge in [0.05, 0.1) is 6.20 Å². The van der Waals surface area contributed by atoms with Gasteiger partial charge in [0.15, 0.2) is 0 Å². The van der Waals surface area contributed by atoms with E-state index in [-0.39, 0.29) is 10.9 Å². The highest BCUT2D eigenvalue weighted by molar-refractivity contribution is 7.89. The van der Waals surface area contributed by atoms with E-state index < -0.39 is 10.0 Å². The third-order valence-corrected chi connectivity index (χ3v) is 4.14. The third-order valence-electron chi connectivity index (χ3n) is 2.65. The summed E-state index contributed by atoms with van der Waals surface area (Å²) in [6, 6.07) is -0.0256. The van der Waals surface area contributed by atoms with Crippen LogP contribution in [0.15, 0.2) is 17.3 Å². The molecule has 0 saturated carbocycles. The first-order chi connectivity index (χ1) is 7.68. The number of sulfonamides is 1. The van der Waals surface area contributed by atoms with Gasteiger partial charge in [-0.15, -0.1) is 0 Å². The molecule has 1 aromatic rings. The Morgan fingerprint density at radius 2 is 2.31 bits per heavy atom. The molecule has 1 fully saturated rings. The first-order valence-corrected chi connectivity index (χ1v) is 6.88. The number of hydrogen-bond donors (Lipinski definition) is 3. The minimum atomic E-state index is -3.42. The molecule has 1 aliphatic rings. The van der Waals surface area contributed by atoms with Gasteiger partial charge in [-0.25, -0.2) is 13.1 Å². The van der Waals surface area contributed by atoms with Gasteiger partial charge < -0.3 is 5.32 Å². The van der Waals surface area contributed by atoms with Gasteiger partial charge in [0.2, 0.25) is 10.0 Å². The maximum atomic E-state index is 11.9. The first kappa shape index (κ1) is 11.6. The number of aromatic amines is 1. The van der Waals surface area contributed by atoms with Crippen molar-refractivity contribution in [3.63, 3.8) is 0 Å². The molecule has 0 spiro atoms. The standard InChI is InChI=1S/C9H16N4O2S/c14-16(15,9-6-11-12-7-9)13-8-3-1-2-4-10-5-8/h6-8,10,13H,1-5H2,(H,11,12). The van der Waals surface area contributed by atoms with Crippen LogP contribution in [0, 0.1) is 0 Å². The predicted molar refractivity (Wildman–Crippen MR) is 59.4 cm³/mol. The van der Waals surface area contributed by atoms with Crippen LogP contribution in [0.5, 0.6) is 0 Å². The second-order valence-corrected chi connectivity index (χ2v) is 5.67. The lowest BCUT2D eigenvalue weighted by molar-refractivity contribution is 0.521. The lowest BCUT2D eigenvalue weighted by atomic mass is 10.2. The van der Waals surface area contributed by atoms with Crippen molar-refractivity contribution in [2.75, 3.05) is 13.1 Å². The van der Waals surface area contributed by atoms with Crippen molar-refractivity contribution in [2.45, 2.75) is 30.2 Å². The zero-order chi connectivity index (χ0) is 11.4. The molecule has 0 amide bonds. The molecule has 6 nitrogen and oxygen atoms in total. The summed E-state index contributed by atoms with van der Waals surface area (Å²) in [5.74, 6) is 0. The summed E-state index contributed by atoms with van der Waals surface area (Å²) in [6.07, 6.45) is 5.72. The fraction of sp³-hybridized carbons (Fsp3) is 0.667. The van der Waals surface area contributed by atoms with Gasteiger partial charge in [-0.05, 0) is 19.4 Å². The lowest BCUT2D eigenvalue weighted by Gasteiger charge is -2.15. The molecule has 1 aliphatic heterocycles. The first-order valence-electron chi connectivity index (χ1n) is 5.40. The molecule has 0 radical (unpaired) electrons. The van der Waals surface area contributed by atoms with Gasteiger partial charge in [0.25, 0.3) is 0 Å². The van der Waals surface area contributed by atoms with E-state index in [9.17, 15) is 8.42 Å². The van der Waals surface area contributed by atoms with E-state index in [2.05, 4.69) is 20.2 Å². The second kappa shape index (κ2) is 4.94. The number of nitrogens with zero attached hydrogens (tertiary/aromatic N) is 1. The molecule has 1 unspecified atom stereocenters. The highest BCUT2D eigenvalue weighted by Crippen LogP contribution is 2.10. The van der Waals surface area contributed by atoms with Gasteiger partial charge in [0.1, 0.15) is 4.90 Å². The van der Waals surface area contributed by atoms with E-state index in [1.54, 1.807) is 0 Å². The quantitative estimate of drug-likeness (QED) is 0.689. The zero-order valence-corrected chi connectivity index (χ0v) is 9.76. The lowest BCUT2D eigenvalue weighted by Crippen LogP contribution is -2.40. The fourth-order valence-corrected chi connectivity index (χ4v) is 2.97. The summed E-state index contributed by atoms with van der Waals surface area (Å²) in [5, 5.41) is 9.36. The van der Waals surface area contributed by atoms with E-state index in [0.29, 0.717) is 6.54 Å². The van der Waals surface area contributed by atoms with Gasteiger partial charge in [-0.3, -0.25) is 5.10 Å². The Labute approximate surface area is 94.9 Å². The smallest absolute Gasteiger partial charge is 0.243 e. The zero-order valence-electron chi connectivity index (χ0n) is 8.94. The summed E-state index contributed by atoms with van der Waals surface area (Å²) in [7, 11) is -3.42. The molecular weight excluding hydrogens is 228 g/mol. The average molecular weight is 244 g/mol. The topological polar surface area (TPSA) is 86.9 Å². The molecule has 2 heterocycles. The maximum absolute atomic E-state index is 11.9. The number of hydrogen-bond acceptors (Lipinski definition) is 4. The van der Waals surface area contributed by atoms with Crippen molar-refractivity contribution in [2.24, 2.45) is 0 Å². The van der Waals surface area contributed by atoms with Crippen LogP contribution in [0.1, 0.15) is 19.3 Å². The molecule has 3 N–H and O–H groups in total.